The summed E-state index contributed by atoms with van der Waals surface area (Å²) >= 11 is -1.78. The average Bonchev–Trinajstić information content (AvgIpc) is 1.46. The summed E-state index contributed by atoms with van der Waals surface area (Å²) < 4.78 is 15.8. The van der Waals surface area contributed by atoms with Crippen LogP contribution in [-0.4, -0.2) is 14.3 Å². The molecule has 0 rings (SSSR count). The van der Waals surface area contributed by atoms with E-state index in [2.05, 4.69) is 0 Å². The molecule has 0 aliphatic heterocycles. The maximum absolute atomic E-state index is 8.62. The van der Waals surface area contributed by atoms with E-state index in [1.54, 1.807) is 0 Å². The maximum atomic E-state index is 8.62. The molecule has 0 bridgehead atoms. The van der Waals surface area contributed by atoms with E-state index in [1.165, 1.54) is 0 Å². The number of rotatable bonds is 0. The Bertz CT molecular complexity index is 11.1. The van der Waals surface area contributed by atoms with E-state index in [1.807, 2.05) is 0 Å². The van der Waals surface area contributed by atoms with E-state index < -0.39 is 18.9 Å². The molecule has 0 amide bonds. The van der Waals surface area contributed by atoms with Gasteiger partial charge < -0.3 is 0 Å². The van der Waals surface area contributed by atoms with Gasteiger partial charge in [0.1, 0.15) is 0 Å². The van der Waals surface area contributed by atoms with Crippen LogP contribution in [0.2, 0.25) is 0 Å². The SMILES string of the molecule is OO.[O]=[Mo][OH]. The van der Waals surface area contributed by atoms with Gasteiger partial charge in [-0.2, -0.15) is 0 Å². The summed E-state index contributed by atoms with van der Waals surface area (Å²) in [6, 6.07) is 0. The minimum absolute atomic E-state index is 1.78. The Morgan fingerprint density at radius 3 is 1.40 bits per heavy atom. The normalized spacial score (nSPS) is 3.80. The molecule has 0 aromatic rings. The molecule has 5 heavy (non-hydrogen) atoms. The van der Waals surface area contributed by atoms with E-state index >= 15 is 0 Å². The summed E-state index contributed by atoms with van der Waals surface area (Å²) in [6.07, 6.45) is 0. The topological polar surface area (TPSA) is 77.8 Å². The van der Waals surface area contributed by atoms with Crippen LogP contribution in [0.1, 0.15) is 0 Å². The molecular weight excluding hydrogens is 160 g/mol. The van der Waals surface area contributed by atoms with E-state index in [-0.39, 0.29) is 0 Å². The summed E-state index contributed by atoms with van der Waals surface area (Å²) in [4.78, 5) is 0. The third-order valence-electron chi connectivity index (χ3n) is 0. The van der Waals surface area contributed by atoms with Crippen molar-refractivity contribution < 1.29 is 36.6 Å². The van der Waals surface area contributed by atoms with E-state index in [9.17, 15) is 0 Å². The van der Waals surface area contributed by atoms with Crippen molar-refractivity contribution in [2.24, 2.45) is 0 Å². The van der Waals surface area contributed by atoms with Crippen molar-refractivity contribution in [2.75, 3.05) is 0 Å². The van der Waals surface area contributed by atoms with E-state index in [0.29, 0.717) is 0 Å². The molecular formula is H3MoO4. The molecule has 4 nitrogen and oxygen atoms in total. The van der Waals surface area contributed by atoms with Gasteiger partial charge in [0.2, 0.25) is 0 Å². The predicted octanol–water partition coefficient (Wildman–Crippen LogP) is -0.661. The second kappa shape index (κ2) is 26.5. The predicted molar refractivity (Wildman–Crippen MR) is 8.16 cm³/mol. The zero-order chi connectivity index (χ0) is 4.71. The van der Waals surface area contributed by atoms with Crippen LogP contribution in [0.5, 0.6) is 0 Å². The van der Waals surface area contributed by atoms with Crippen LogP contribution in [0.3, 0.4) is 0 Å². The zero-order valence-electron chi connectivity index (χ0n) is 2.16. The molecule has 0 aliphatic rings. The van der Waals surface area contributed by atoms with Crippen LogP contribution in [0, 0.1) is 0 Å². The van der Waals surface area contributed by atoms with Crippen LogP contribution < -0.4 is 0 Å². The molecule has 3 N–H and O–H groups in total. The fraction of sp³-hybridized carbons (Fsp3) is 0. The van der Waals surface area contributed by atoms with Crippen molar-refractivity contribution in [3.63, 3.8) is 0 Å². The summed E-state index contributed by atoms with van der Waals surface area (Å²) in [5, 5.41) is 12.0. The standard InChI is InChI=1S/Mo.H2O2.H2O.O/c;1-2;;/h;1-2H;1H2;/q+1;;;/p-1. The number of hydrogen-bond acceptors (Lipinski definition) is 3. The van der Waals surface area contributed by atoms with Crippen molar-refractivity contribution in [3.05, 3.63) is 0 Å². The van der Waals surface area contributed by atoms with E-state index in [4.69, 9.17) is 17.7 Å². The molecule has 0 radical (unpaired) electrons. The molecule has 0 spiro atoms. The second-order valence-electron chi connectivity index (χ2n) is 0.0745. The zero-order valence-corrected chi connectivity index (χ0v) is 4.17. The van der Waals surface area contributed by atoms with Crippen molar-refractivity contribution in [1.29, 1.82) is 0 Å². The van der Waals surface area contributed by atoms with Gasteiger partial charge in [0, 0.05) is 0 Å². The quantitative estimate of drug-likeness (QED) is 0.251. The van der Waals surface area contributed by atoms with Crippen LogP contribution in [0.4, 0.5) is 0 Å². The number of hydrogen-bond donors (Lipinski definition) is 3. The summed E-state index contributed by atoms with van der Waals surface area (Å²) in [7, 11) is 0. The summed E-state index contributed by atoms with van der Waals surface area (Å²) in [6.45, 7) is 0. The minimum atomic E-state index is -1.78. The van der Waals surface area contributed by atoms with Crippen LogP contribution in [-0.2, 0) is 22.3 Å². The molecule has 0 aliphatic carbocycles. The Balaban J connectivity index is 0. The van der Waals surface area contributed by atoms with Gasteiger partial charge in [-0.25, -0.2) is 0 Å². The van der Waals surface area contributed by atoms with Crippen molar-refractivity contribution in [2.45, 2.75) is 0 Å². The van der Waals surface area contributed by atoms with Crippen LogP contribution in [0.25, 0.3) is 0 Å². The third-order valence-corrected chi connectivity index (χ3v) is 0. The first-order valence-corrected chi connectivity index (χ1v) is 2.27. The van der Waals surface area contributed by atoms with Crippen molar-refractivity contribution in [1.82, 2.24) is 0 Å². The van der Waals surface area contributed by atoms with Gasteiger partial charge in [0.05, 0.1) is 0 Å². The molecule has 0 saturated heterocycles. The van der Waals surface area contributed by atoms with Gasteiger partial charge >= 0.3 is 26.1 Å². The average molecular weight is 163 g/mol. The first kappa shape index (κ1) is 9.03. The Kier molecular flexibility index (Phi) is 47.8. The fourth-order valence-corrected chi connectivity index (χ4v) is 0. The third kappa shape index (κ3) is 181. The van der Waals surface area contributed by atoms with Crippen LogP contribution >= 0.6 is 0 Å². The van der Waals surface area contributed by atoms with E-state index in [0.717, 1.165) is 0 Å². The first-order chi connectivity index (χ1) is 2.41. The first-order valence-electron chi connectivity index (χ1n) is 0.549. The summed E-state index contributed by atoms with van der Waals surface area (Å²) in [5.41, 5.74) is 0. The molecule has 0 unspecified atom stereocenters. The van der Waals surface area contributed by atoms with Gasteiger partial charge in [-0.05, 0) is 0 Å². The summed E-state index contributed by atoms with van der Waals surface area (Å²) in [5.74, 6) is 0. The Labute approximate surface area is 37.3 Å². The molecule has 33 valence electrons. The molecule has 0 aromatic carbocycles. The molecule has 0 heterocycles. The monoisotopic (exact) mass is 165 g/mol. The molecule has 0 atom stereocenters. The Morgan fingerprint density at radius 1 is 1.40 bits per heavy atom. The van der Waals surface area contributed by atoms with Gasteiger partial charge in [-0.1, -0.05) is 0 Å². The molecule has 5 heteroatoms. The Morgan fingerprint density at radius 2 is 1.40 bits per heavy atom. The molecule has 0 aromatic heterocycles. The van der Waals surface area contributed by atoms with Gasteiger partial charge in [0.15, 0.2) is 0 Å². The Hall–Kier alpha value is 0.368. The van der Waals surface area contributed by atoms with Crippen LogP contribution in [0.15, 0.2) is 0 Å². The second-order valence-corrected chi connectivity index (χ2v) is 0.441. The molecule has 0 fully saturated rings. The molecule has 0 saturated carbocycles. The van der Waals surface area contributed by atoms with Crippen molar-refractivity contribution >= 4 is 0 Å². The van der Waals surface area contributed by atoms with Gasteiger partial charge in [-0.15, -0.1) is 0 Å². The van der Waals surface area contributed by atoms with Gasteiger partial charge in [0.25, 0.3) is 0 Å². The fourth-order valence-electron chi connectivity index (χ4n) is 0. The van der Waals surface area contributed by atoms with Crippen molar-refractivity contribution in [3.8, 4) is 0 Å². The van der Waals surface area contributed by atoms with Gasteiger partial charge in [-0.3, -0.25) is 10.5 Å².